The molecule has 0 aliphatic carbocycles. The van der Waals surface area contributed by atoms with Crippen molar-refractivity contribution in [3.8, 4) is 0 Å². The summed E-state index contributed by atoms with van der Waals surface area (Å²) >= 11 is 0. The SMILES string of the molecule is COC(=O)COCCOCCNC(=O)OCc1ccccc1. The highest BCUT2D eigenvalue weighted by Crippen LogP contribution is 2.00. The first kappa shape index (κ1) is 17.9. The molecule has 0 saturated heterocycles. The maximum atomic E-state index is 11.4. The maximum absolute atomic E-state index is 11.4. The van der Waals surface area contributed by atoms with Gasteiger partial charge >= 0.3 is 12.1 Å². The Morgan fingerprint density at radius 1 is 1.05 bits per heavy atom. The zero-order valence-electron chi connectivity index (χ0n) is 12.6. The summed E-state index contributed by atoms with van der Waals surface area (Å²) in [6.45, 7) is 1.43. The lowest BCUT2D eigenvalue weighted by Gasteiger charge is -2.08. The Balaban J connectivity index is 1.92. The second kappa shape index (κ2) is 11.5. The van der Waals surface area contributed by atoms with Crippen LogP contribution in [0.1, 0.15) is 5.56 Å². The summed E-state index contributed by atoms with van der Waals surface area (Å²) in [4.78, 5) is 22.1. The number of rotatable bonds is 10. The van der Waals surface area contributed by atoms with E-state index in [4.69, 9.17) is 14.2 Å². The highest BCUT2D eigenvalue weighted by Gasteiger charge is 2.02. The predicted octanol–water partition coefficient (Wildman–Crippen LogP) is 1.12. The van der Waals surface area contributed by atoms with Gasteiger partial charge in [-0.2, -0.15) is 0 Å². The van der Waals surface area contributed by atoms with Crippen LogP contribution in [-0.2, 0) is 30.3 Å². The van der Waals surface area contributed by atoms with E-state index in [2.05, 4.69) is 10.1 Å². The van der Waals surface area contributed by atoms with Crippen molar-refractivity contribution in [3.63, 3.8) is 0 Å². The molecule has 0 aromatic heterocycles. The second-order valence-electron chi connectivity index (χ2n) is 4.23. The number of alkyl carbamates (subject to hydrolysis) is 1. The van der Waals surface area contributed by atoms with Gasteiger partial charge in [0.1, 0.15) is 13.2 Å². The van der Waals surface area contributed by atoms with Crippen molar-refractivity contribution >= 4 is 12.1 Å². The molecule has 0 aliphatic heterocycles. The highest BCUT2D eigenvalue weighted by molar-refractivity contribution is 5.70. The van der Waals surface area contributed by atoms with Gasteiger partial charge in [0.25, 0.3) is 0 Å². The molecule has 0 saturated carbocycles. The van der Waals surface area contributed by atoms with Crippen LogP contribution in [0.5, 0.6) is 0 Å². The lowest BCUT2D eigenvalue weighted by molar-refractivity contribution is -0.146. The average molecular weight is 311 g/mol. The summed E-state index contributed by atoms with van der Waals surface area (Å²) in [5.74, 6) is -0.428. The first-order chi connectivity index (χ1) is 10.7. The number of benzene rings is 1. The smallest absolute Gasteiger partial charge is 0.407 e. The molecule has 0 spiro atoms. The molecule has 1 aromatic carbocycles. The minimum absolute atomic E-state index is 0.0933. The number of amides is 1. The molecule has 7 nitrogen and oxygen atoms in total. The van der Waals surface area contributed by atoms with Crippen LogP contribution in [-0.4, -0.2) is 52.1 Å². The third kappa shape index (κ3) is 8.93. The molecule has 0 heterocycles. The summed E-state index contributed by atoms with van der Waals surface area (Å²) in [5, 5.41) is 2.57. The van der Waals surface area contributed by atoms with Crippen molar-refractivity contribution in [2.24, 2.45) is 0 Å². The molecule has 0 fully saturated rings. The molecule has 1 rings (SSSR count). The number of carbonyl (C=O) groups excluding carboxylic acids is 2. The van der Waals surface area contributed by atoms with Crippen LogP contribution in [0.25, 0.3) is 0 Å². The molecular formula is C15H21NO6. The Hall–Kier alpha value is -2.12. The van der Waals surface area contributed by atoms with E-state index in [1.165, 1.54) is 7.11 Å². The van der Waals surface area contributed by atoms with Crippen LogP contribution in [0.3, 0.4) is 0 Å². The molecule has 0 aliphatic rings. The Bertz CT molecular complexity index is 437. The van der Waals surface area contributed by atoms with E-state index >= 15 is 0 Å². The lowest BCUT2D eigenvalue weighted by Crippen LogP contribution is -2.28. The molecule has 7 heteroatoms. The maximum Gasteiger partial charge on any atom is 0.407 e. The van der Waals surface area contributed by atoms with E-state index in [9.17, 15) is 9.59 Å². The molecule has 0 atom stereocenters. The largest absolute Gasteiger partial charge is 0.467 e. The van der Waals surface area contributed by atoms with E-state index in [-0.39, 0.29) is 19.8 Å². The highest BCUT2D eigenvalue weighted by atomic mass is 16.6. The van der Waals surface area contributed by atoms with Crippen molar-refractivity contribution in [2.45, 2.75) is 6.61 Å². The first-order valence-corrected chi connectivity index (χ1v) is 6.89. The van der Waals surface area contributed by atoms with Gasteiger partial charge in [-0.15, -0.1) is 0 Å². The van der Waals surface area contributed by atoms with Gasteiger partial charge in [0.2, 0.25) is 0 Å². The van der Waals surface area contributed by atoms with E-state index in [0.29, 0.717) is 19.8 Å². The minimum atomic E-state index is -0.491. The van der Waals surface area contributed by atoms with Crippen molar-refractivity contribution in [3.05, 3.63) is 35.9 Å². The summed E-state index contributed by atoms with van der Waals surface area (Å²) < 4.78 is 19.6. The second-order valence-corrected chi connectivity index (χ2v) is 4.23. The van der Waals surface area contributed by atoms with E-state index in [0.717, 1.165) is 5.56 Å². The van der Waals surface area contributed by atoms with Crippen molar-refractivity contribution in [1.29, 1.82) is 0 Å². The van der Waals surface area contributed by atoms with Gasteiger partial charge in [-0.25, -0.2) is 9.59 Å². The number of methoxy groups -OCH3 is 1. The van der Waals surface area contributed by atoms with Gasteiger partial charge in [0.05, 0.1) is 26.9 Å². The van der Waals surface area contributed by atoms with E-state index in [1.54, 1.807) is 0 Å². The summed E-state index contributed by atoms with van der Waals surface area (Å²) in [6.07, 6.45) is -0.491. The molecular weight excluding hydrogens is 290 g/mol. The van der Waals surface area contributed by atoms with Gasteiger partial charge in [-0.05, 0) is 5.56 Å². The molecule has 22 heavy (non-hydrogen) atoms. The lowest BCUT2D eigenvalue weighted by atomic mass is 10.2. The molecule has 122 valence electrons. The average Bonchev–Trinajstić information content (AvgIpc) is 2.56. The topological polar surface area (TPSA) is 83.1 Å². The Morgan fingerprint density at radius 2 is 1.77 bits per heavy atom. The normalized spacial score (nSPS) is 10.0. The minimum Gasteiger partial charge on any atom is -0.467 e. The van der Waals surface area contributed by atoms with Gasteiger partial charge in [0, 0.05) is 6.54 Å². The van der Waals surface area contributed by atoms with Crippen LogP contribution in [0, 0.1) is 0 Å². The molecule has 1 amide bonds. The number of hydrogen-bond donors (Lipinski definition) is 1. The number of ether oxygens (including phenoxy) is 4. The zero-order valence-corrected chi connectivity index (χ0v) is 12.6. The molecule has 1 N–H and O–H groups in total. The van der Waals surface area contributed by atoms with Crippen LogP contribution in [0.15, 0.2) is 30.3 Å². The molecule has 0 radical (unpaired) electrons. The fourth-order valence-electron chi connectivity index (χ4n) is 1.43. The molecule has 0 unspecified atom stereocenters. The fraction of sp³-hybridized carbons (Fsp3) is 0.467. The number of hydrogen-bond acceptors (Lipinski definition) is 6. The summed E-state index contributed by atoms with van der Waals surface area (Å²) in [6, 6.07) is 9.42. The van der Waals surface area contributed by atoms with Gasteiger partial charge in [0.15, 0.2) is 0 Å². The van der Waals surface area contributed by atoms with Crippen molar-refractivity contribution in [2.75, 3.05) is 40.1 Å². The van der Waals surface area contributed by atoms with Crippen molar-refractivity contribution < 1.29 is 28.5 Å². The van der Waals surface area contributed by atoms with Crippen LogP contribution >= 0.6 is 0 Å². The third-order valence-corrected chi connectivity index (χ3v) is 2.55. The first-order valence-electron chi connectivity index (χ1n) is 6.89. The number of nitrogens with one attached hydrogen (secondary N) is 1. The quantitative estimate of drug-likeness (QED) is 0.515. The van der Waals surface area contributed by atoms with Gasteiger partial charge in [-0.3, -0.25) is 0 Å². The van der Waals surface area contributed by atoms with Crippen LogP contribution in [0.2, 0.25) is 0 Å². The fourth-order valence-corrected chi connectivity index (χ4v) is 1.43. The van der Waals surface area contributed by atoms with E-state index < -0.39 is 12.1 Å². The van der Waals surface area contributed by atoms with E-state index in [1.807, 2.05) is 30.3 Å². The van der Waals surface area contributed by atoms with Crippen molar-refractivity contribution in [1.82, 2.24) is 5.32 Å². The Labute approximate surface area is 129 Å². The van der Waals surface area contributed by atoms with Gasteiger partial charge in [-0.1, -0.05) is 30.3 Å². The summed E-state index contributed by atoms with van der Waals surface area (Å²) in [7, 11) is 1.30. The molecule has 1 aromatic rings. The summed E-state index contributed by atoms with van der Waals surface area (Å²) in [5.41, 5.74) is 0.927. The predicted molar refractivity (Wildman–Crippen MR) is 78.3 cm³/mol. The number of esters is 1. The zero-order chi connectivity index (χ0) is 16.0. The Morgan fingerprint density at radius 3 is 2.50 bits per heavy atom. The monoisotopic (exact) mass is 311 g/mol. The van der Waals surface area contributed by atoms with Gasteiger partial charge < -0.3 is 24.3 Å². The van der Waals surface area contributed by atoms with Crippen LogP contribution < -0.4 is 5.32 Å². The molecule has 0 bridgehead atoms. The number of carbonyl (C=O) groups is 2. The standard InChI is InChI=1S/C15H21NO6/c1-19-14(17)12-21-10-9-20-8-7-16-15(18)22-11-13-5-3-2-4-6-13/h2-6H,7-12H2,1H3,(H,16,18). The van der Waals surface area contributed by atoms with Crippen LogP contribution in [0.4, 0.5) is 4.79 Å². The Kier molecular flexibility index (Phi) is 9.40. The third-order valence-electron chi connectivity index (χ3n) is 2.55.